The predicted octanol–water partition coefficient (Wildman–Crippen LogP) is 0.729. The number of hydrogen-bond donors (Lipinski definition) is 5. The number of halogens is 1. The third kappa shape index (κ3) is 4.57. The molecule has 1 aliphatic carbocycles. The van der Waals surface area contributed by atoms with E-state index in [4.69, 9.17) is 22.1 Å². The first-order chi connectivity index (χ1) is 14.3. The fraction of sp³-hybridized carbons (Fsp3) is 0.450. The van der Waals surface area contributed by atoms with Crippen LogP contribution in [0.3, 0.4) is 0 Å². The Balaban J connectivity index is 1.98. The fourth-order valence-corrected chi connectivity index (χ4v) is 3.61. The Morgan fingerprint density at radius 2 is 2.00 bits per heavy atom. The Hall–Kier alpha value is -2.64. The van der Waals surface area contributed by atoms with E-state index in [0.717, 1.165) is 0 Å². The van der Waals surface area contributed by atoms with Gasteiger partial charge in [-0.2, -0.15) is 9.97 Å². The molecule has 2 heterocycles. The molecule has 1 fully saturated rings. The van der Waals surface area contributed by atoms with Crippen LogP contribution in [0.15, 0.2) is 12.3 Å². The molecule has 9 nitrogen and oxygen atoms in total. The van der Waals surface area contributed by atoms with Crippen molar-refractivity contribution in [2.24, 2.45) is 5.92 Å². The maximum Gasteiger partial charge on any atom is 0.223 e. The second-order valence-corrected chi connectivity index (χ2v) is 7.32. The highest BCUT2D eigenvalue weighted by molar-refractivity contribution is 6.31. The second-order valence-electron chi connectivity index (χ2n) is 6.96. The quantitative estimate of drug-likeness (QED) is 0.340. The number of nitrogens with zero attached hydrogens (tertiary/aromatic N) is 3. The normalized spacial score (nSPS) is 23.0. The summed E-state index contributed by atoms with van der Waals surface area (Å²) in [5.41, 5.74) is 7.32. The Labute approximate surface area is 179 Å². The van der Waals surface area contributed by atoms with Gasteiger partial charge in [0, 0.05) is 18.7 Å². The number of aromatic nitrogens is 3. The zero-order chi connectivity index (χ0) is 21.8. The van der Waals surface area contributed by atoms with Gasteiger partial charge in [0.25, 0.3) is 0 Å². The van der Waals surface area contributed by atoms with Crippen LogP contribution in [0.1, 0.15) is 30.2 Å². The lowest BCUT2D eigenvalue weighted by molar-refractivity contribution is 0.00445. The lowest BCUT2D eigenvalue weighted by Gasteiger charge is -2.19. The van der Waals surface area contributed by atoms with Gasteiger partial charge in [-0.05, 0) is 26.3 Å². The predicted molar refractivity (Wildman–Crippen MR) is 112 cm³/mol. The van der Waals surface area contributed by atoms with E-state index in [0.29, 0.717) is 30.0 Å². The molecule has 1 aliphatic rings. The van der Waals surface area contributed by atoms with Gasteiger partial charge >= 0.3 is 0 Å². The minimum atomic E-state index is -1.09. The second kappa shape index (κ2) is 9.45. The molecule has 0 unspecified atom stereocenters. The summed E-state index contributed by atoms with van der Waals surface area (Å²) < 4.78 is 5.62. The lowest BCUT2D eigenvalue weighted by Crippen LogP contribution is -2.35. The van der Waals surface area contributed by atoms with Gasteiger partial charge in [0.15, 0.2) is 5.15 Å². The minimum Gasteiger partial charge on any atom is -0.492 e. The number of nitrogens with two attached hydrogens (primary N) is 1. The van der Waals surface area contributed by atoms with Crippen molar-refractivity contribution in [3.63, 3.8) is 0 Å². The van der Waals surface area contributed by atoms with Crippen LogP contribution >= 0.6 is 11.6 Å². The smallest absolute Gasteiger partial charge is 0.223 e. The van der Waals surface area contributed by atoms with Crippen LogP contribution in [0.2, 0.25) is 5.15 Å². The van der Waals surface area contributed by atoms with Crippen LogP contribution in [-0.2, 0) is 0 Å². The Kier molecular flexibility index (Phi) is 6.95. The summed E-state index contributed by atoms with van der Waals surface area (Å²) in [7, 11) is 0. The van der Waals surface area contributed by atoms with Crippen molar-refractivity contribution in [2.75, 3.05) is 24.3 Å². The zero-order valence-corrected chi connectivity index (χ0v) is 17.4. The first kappa shape index (κ1) is 22.1. The molecule has 0 aliphatic heterocycles. The number of rotatable bonds is 5. The molecular formula is C20H24ClN5O4. The molecule has 30 heavy (non-hydrogen) atoms. The van der Waals surface area contributed by atoms with E-state index >= 15 is 0 Å². The Morgan fingerprint density at radius 3 is 2.67 bits per heavy atom. The average Bonchev–Trinajstić information content (AvgIpc) is 2.97. The Morgan fingerprint density at radius 1 is 1.27 bits per heavy atom. The van der Waals surface area contributed by atoms with Gasteiger partial charge in [0.2, 0.25) is 5.95 Å². The van der Waals surface area contributed by atoms with E-state index in [-0.39, 0.29) is 29.1 Å². The van der Waals surface area contributed by atoms with Crippen molar-refractivity contribution < 1.29 is 20.1 Å². The molecule has 0 spiro atoms. The van der Waals surface area contributed by atoms with Crippen LogP contribution in [-0.4, -0.2) is 61.7 Å². The van der Waals surface area contributed by atoms with Crippen LogP contribution in [0.5, 0.6) is 5.75 Å². The van der Waals surface area contributed by atoms with Gasteiger partial charge in [-0.3, -0.25) is 4.98 Å². The van der Waals surface area contributed by atoms with Crippen molar-refractivity contribution in [3.8, 4) is 17.6 Å². The number of aliphatic hydroxyl groups is 3. The summed E-state index contributed by atoms with van der Waals surface area (Å²) >= 11 is 6.28. The largest absolute Gasteiger partial charge is 0.492 e. The van der Waals surface area contributed by atoms with Crippen molar-refractivity contribution in [1.82, 2.24) is 15.0 Å². The monoisotopic (exact) mass is 433 g/mol. The standard InChI is InChI=1S/C20H24ClN5O4/c1-3-30-15-6-7-23-10(2)12(15)4-5-13-18(21)25-20(22)26-19(13)24-14-8-11(9-27)16(28)17(14)29/h6-7,11,14,16-17,27-29H,3,8-9H2,1-2H3,(H3,22,24,25,26)/t11-,14-,16-,17+/m1/s1. The summed E-state index contributed by atoms with van der Waals surface area (Å²) in [6.45, 7) is 3.93. The molecule has 0 aromatic carbocycles. The first-order valence-corrected chi connectivity index (χ1v) is 9.90. The van der Waals surface area contributed by atoms with E-state index in [2.05, 4.69) is 32.1 Å². The number of nitrogens with one attached hydrogen (secondary N) is 1. The molecule has 0 bridgehead atoms. The van der Waals surface area contributed by atoms with Crippen LogP contribution in [0.25, 0.3) is 0 Å². The molecule has 3 rings (SSSR count). The molecule has 6 N–H and O–H groups in total. The summed E-state index contributed by atoms with van der Waals surface area (Å²) in [6.07, 6.45) is -0.169. The van der Waals surface area contributed by atoms with Crippen molar-refractivity contribution in [2.45, 2.75) is 38.5 Å². The van der Waals surface area contributed by atoms with Gasteiger partial charge in [-0.15, -0.1) is 0 Å². The SMILES string of the molecule is CCOc1ccnc(C)c1C#Cc1c(Cl)nc(N)nc1N[C@@H]1C[C@H](CO)[C@@H](O)[C@H]1O. The molecule has 4 atom stereocenters. The molecule has 0 amide bonds. The fourth-order valence-electron chi connectivity index (χ4n) is 3.38. The average molecular weight is 434 g/mol. The molecule has 1 saturated carbocycles. The maximum atomic E-state index is 10.3. The molecular weight excluding hydrogens is 410 g/mol. The number of aliphatic hydroxyl groups excluding tert-OH is 3. The maximum absolute atomic E-state index is 10.3. The number of pyridine rings is 1. The van der Waals surface area contributed by atoms with Crippen LogP contribution in [0.4, 0.5) is 11.8 Å². The number of hydrogen-bond acceptors (Lipinski definition) is 9. The summed E-state index contributed by atoms with van der Waals surface area (Å²) in [6, 6.07) is 1.16. The van der Waals surface area contributed by atoms with Crippen LogP contribution in [0, 0.1) is 24.7 Å². The van der Waals surface area contributed by atoms with Crippen molar-refractivity contribution >= 4 is 23.4 Å². The molecule has 0 saturated heterocycles. The highest BCUT2D eigenvalue weighted by Gasteiger charge is 2.41. The van der Waals surface area contributed by atoms with E-state index in [9.17, 15) is 15.3 Å². The number of anilines is 2. The third-order valence-corrected chi connectivity index (χ3v) is 5.23. The van der Waals surface area contributed by atoms with Crippen molar-refractivity contribution in [3.05, 3.63) is 34.2 Å². The third-order valence-electron chi connectivity index (χ3n) is 4.96. The summed E-state index contributed by atoms with van der Waals surface area (Å²) in [5, 5.41) is 32.8. The summed E-state index contributed by atoms with van der Waals surface area (Å²) in [4.78, 5) is 12.4. The molecule has 2 aromatic heterocycles. The lowest BCUT2D eigenvalue weighted by atomic mass is 10.1. The topological polar surface area (TPSA) is 147 Å². The highest BCUT2D eigenvalue weighted by atomic mass is 35.5. The van der Waals surface area contributed by atoms with Gasteiger partial charge in [-0.25, -0.2) is 0 Å². The van der Waals surface area contributed by atoms with Gasteiger partial charge < -0.3 is 31.1 Å². The van der Waals surface area contributed by atoms with Gasteiger partial charge in [0.05, 0.1) is 30.0 Å². The van der Waals surface area contributed by atoms with E-state index in [1.165, 1.54) is 0 Å². The first-order valence-electron chi connectivity index (χ1n) is 9.52. The number of aryl methyl sites for hydroxylation is 1. The Bertz CT molecular complexity index is 978. The van der Waals surface area contributed by atoms with E-state index < -0.39 is 24.2 Å². The highest BCUT2D eigenvalue weighted by Crippen LogP contribution is 2.31. The zero-order valence-electron chi connectivity index (χ0n) is 16.6. The number of nitrogen functional groups attached to an aromatic ring is 1. The summed E-state index contributed by atoms with van der Waals surface area (Å²) in [5.74, 6) is 6.28. The molecule has 2 aromatic rings. The number of ether oxygens (including phenoxy) is 1. The van der Waals surface area contributed by atoms with Crippen molar-refractivity contribution in [1.29, 1.82) is 0 Å². The van der Waals surface area contributed by atoms with Gasteiger partial charge in [-0.1, -0.05) is 23.4 Å². The van der Waals surface area contributed by atoms with Gasteiger partial charge in [0.1, 0.15) is 23.2 Å². The minimum absolute atomic E-state index is 0.0451. The molecule has 160 valence electrons. The van der Waals surface area contributed by atoms with Crippen LogP contribution < -0.4 is 15.8 Å². The molecule has 10 heteroatoms. The van der Waals surface area contributed by atoms with E-state index in [1.807, 2.05) is 13.8 Å². The van der Waals surface area contributed by atoms with E-state index in [1.54, 1.807) is 12.3 Å². The molecule has 0 radical (unpaired) electrons.